The highest BCUT2D eigenvalue weighted by molar-refractivity contribution is 14.1. The molecule has 0 aromatic rings. The minimum atomic E-state index is 0.805. The Kier molecular flexibility index (Phi) is 4.13. The molecular weight excluding hydrogens is 321 g/mol. The van der Waals surface area contributed by atoms with Gasteiger partial charge in [0.15, 0.2) is 0 Å². The van der Waals surface area contributed by atoms with Crippen molar-refractivity contribution in [3.8, 4) is 0 Å². The molecule has 0 radical (unpaired) electrons. The molecule has 17 heavy (non-hydrogen) atoms. The van der Waals surface area contributed by atoms with Gasteiger partial charge in [0.1, 0.15) is 0 Å². The molecule has 2 rings (SSSR count). The molecule has 2 aliphatic rings. The lowest BCUT2D eigenvalue weighted by atomic mass is 10.0. The molecule has 0 saturated heterocycles. The van der Waals surface area contributed by atoms with E-state index in [0.717, 1.165) is 22.5 Å². The number of hydrogen-bond donors (Lipinski definition) is 0. The average molecular weight is 341 g/mol. The van der Waals surface area contributed by atoms with Crippen molar-refractivity contribution in [3.63, 3.8) is 0 Å². The lowest BCUT2D eigenvalue weighted by Crippen LogP contribution is -2.17. The van der Waals surface area contributed by atoms with Crippen LogP contribution < -0.4 is 0 Å². The van der Waals surface area contributed by atoms with Gasteiger partial charge < -0.3 is 4.90 Å². The Bertz CT molecular complexity index is 411. The van der Waals surface area contributed by atoms with E-state index in [1.807, 2.05) is 0 Å². The predicted molar refractivity (Wildman–Crippen MR) is 82.8 cm³/mol. The molecular formula is C15H20IN. The van der Waals surface area contributed by atoms with Crippen LogP contribution in [-0.2, 0) is 0 Å². The monoisotopic (exact) mass is 341 g/mol. The summed E-state index contributed by atoms with van der Waals surface area (Å²) in [6.45, 7) is 8.59. The van der Waals surface area contributed by atoms with Gasteiger partial charge >= 0.3 is 0 Å². The van der Waals surface area contributed by atoms with E-state index >= 15 is 0 Å². The van der Waals surface area contributed by atoms with Crippen molar-refractivity contribution in [2.75, 3.05) is 4.43 Å². The Hall–Kier alpha value is -0.510. The summed E-state index contributed by atoms with van der Waals surface area (Å²) in [5.74, 6) is 0.805. The van der Waals surface area contributed by atoms with Crippen molar-refractivity contribution in [2.45, 2.75) is 33.1 Å². The summed E-state index contributed by atoms with van der Waals surface area (Å²) in [5, 5.41) is 0. The first kappa shape index (κ1) is 12.9. The summed E-state index contributed by atoms with van der Waals surface area (Å²) in [6.07, 6.45) is 10.7. The van der Waals surface area contributed by atoms with Crippen molar-refractivity contribution in [1.29, 1.82) is 0 Å². The third-order valence-corrected chi connectivity index (χ3v) is 4.24. The highest BCUT2D eigenvalue weighted by Gasteiger charge is 2.28. The number of alkyl halides is 1. The average Bonchev–Trinajstić information content (AvgIpc) is 3.15. The summed E-state index contributed by atoms with van der Waals surface area (Å²) in [6, 6.07) is 0. The zero-order chi connectivity index (χ0) is 12.4. The molecule has 1 saturated carbocycles. The maximum absolute atomic E-state index is 4.21. The van der Waals surface area contributed by atoms with Gasteiger partial charge in [-0.3, -0.25) is 0 Å². The largest absolute Gasteiger partial charge is 0.324 e. The topological polar surface area (TPSA) is 3.24 Å². The fraction of sp³-hybridized carbons (Fsp3) is 0.467. The van der Waals surface area contributed by atoms with Crippen molar-refractivity contribution in [2.24, 2.45) is 5.92 Å². The molecule has 0 aromatic heterocycles. The first-order chi connectivity index (χ1) is 8.15. The van der Waals surface area contributed by atoms with Crippen LogP contribution in [0.5, 0.6) is 0 Å². The Morgan fingerprint density at radius 2 is 2.29 bits per heavy atom. The van der Waals surface area contributed by atoms with E-state index in [9.17, 15) is 0 Å². The van der Waals surface area contributed by atoms with E-state index in [2.05, 4.69) is 66.4 Å². The van der Waals surface area contributed by atoms with Gasteiger partial charge in [0.05, 0.1) is 0 Å². The zero-order valence-electron chi connectivity index (χ0n) is 10.7. The molecule has 0 aromatic carbocycles. The number of nitrogens with zero attached hydrogens (tertiary/aromatic N) is 1. The van der Waals surface area contributed by atoms with Crippen LogP contribution in [0.1, 0.15) is 33.1 Å². The summed E-state index contributed by atoms with van der Waals surface area (Å²) >= 11 is 2.43. The number of rotatable bonds is 4. The highest BCUT2D eigenvalue weighted by atomic mass is 127. The van der Waals surface area contributed by atoms with E-state index in [0.29, 0.717) is 0 Å². The van der Waals surface area contributed by atoms with E-state index in [1.165, 1.54) is 29.6 Å². The third kappa shape index (κ3) is 3.03. The first-order valence-electron chi connectivity index (χ1n) is 6.28. The van der Waals surface area contributed by atoms with Gasteiger partial charge in [-0.2, -0.15) is 0 Å². The van der Waals surface area contributed by atoms with Crippen LogP contribution in [-0.4, -0.2) is 9.33 Å². The second-order valence-electron chi connectivity index (χ2n) is 4.89. The van der Waals surface area contributed by atoms with Gasteiger partial charge in [-0.1, -0.05) is 47.7 Å². The number of allylic oxidation sites excluding steroid dienone is 4. The SMILES string of the molecule is C=C1C(CI)=CC(C2CC2)=CN1/C=C(\C)CC. The van der Waals surface area contributed by atoms with Gasteiger partial charge in [-0.25, -0.2) is 0 Å². The lowest BCUT2D eigenvalue weighted by Gasteiger charge is -2.26. The molecule has 1 aliphatic carbocycles. The zero-order valence-corrected chi connectivity index (χ0v) is 12.8. The summed E-state index contributed by atoms with van der Waals surface area (Å²) < 4.78 is 1.04. The van der Waals surface area contributed by atoms with Crippen LogP contribution in [0.25, 0.3) is 0 Å². The minimum Gasteiger partial charge on any atom is -0.324 e. The summed E-state index contributed by atoms with van der Waals surface area (Å²) in [4.78, 5) is 2.22. The highest BCUT2D eigenvalue weighted by Crippen LogP contribution is 2.40. The number of halogens is 1. The van der Waals surface area contributed by atoms with Gasteiger partial charge in [-0.05, 0) is 43.3 Å². The molecule has 0 amide bonds. The van der Waals surface area contributed by atoms with Crippen molar-refractivity contribution in [3.05, 3.63) is 47.5 Å². The van der Waals surface area contributed by atoms with Gasteiger partial charge in [0, 0.05) is 22.5 Å². The molecule has 1 heterocycles. The molecule has 92 valence electrons. The molecule has 0 bridgehead atoms. The molecule has 1 nitrogen and oxygen atoms in total. The number of hydrogen-bond acceptors (Lipinski definition) is 1. The molecule has 0 atom stereocenters. The fourth-order valence-electron chi connectivity index (χ4n) is 1.93. The second-order valence-corrected chi connectivity index (χ2v) is 5.65. The third-order valence-electron chi connectivity index (χ3n) is 3.42. The van der Waals surface area contributed by atoms with E-state index < -0.39 is 0 Å². The molecule has 0 N–H and O–H groups in total. The maximum atomic E-state index is 4.21. The molecule has 1 aliphatic heterocycles. The van der Waals surface area contributed by atoms with Gasteiger partial charge in [0.2, 0.25) is 0 Å². The maximum Gasteiger partial charge on any atom is 0.0417 e. The lowest BCUT2D eigenvalue weighted by molar-refractivity contribution is 0.614. The van der Waals surface area contributed by atoms with E-state index in [1.54, 1.807) is 0 Å². The van der Waals surface area contributed by atoms with Crippen molar-refractivity contribution in [1.82, 2.24) is 4.90 Å². The Morgan fingerprint density at radius 1 is 1.59 bits per heavy atom. The predicted octanol–water partition coefficient (Wildman–Crippen LogP) is 4.78. The molecule has 1 fully saturated rings. The van der Waals surface area contributed by atoms with Crippen LogP contribution in [0, 0.1) is 5.92 Å². The van der Waals surface area contributed by atoms with Gasteiger partial charge in [0.25, 0.3) is 0 Å². The Morgan fingerprint density at radius 3 is 2.82 bits per heavy atom. The Labute approximate surface area is 118 Å². The first-order valence-corrected chi connectivity index (χ1v) is 7.81. The minimum absolute atomic E-state index is 0.805. The molecule has 0 unspecified atom stereocenters. The second kappa shape index (κ2) is 5.42. The quantitative estimate of drug-likeness (QED) is 0.525. The van der Waals surface area contributed by atoms with Crippen LogP contribution in [0.4, 0.5) is 0 Å². The van der Waals surface area contributed by atoms with E-state index in [4.69, 9.17) is 0 Å². The van der Waals surface area contributed by atoms with Crippen LogP contribution >= 0.6 is 22.6 Å². The standard InChI is InChI=1S/C15H20IN/c1-4-11(2)9-17-10-15(13-5-6-13)7-14(8-16)12(17)3/h7,9-10,13H,3-6,8H2,1-2H3/b11-9+. The van der Waals surface area contributed by atoms with E-state index in [-0.39, 0.29) is 0 Å². The van der Waals surface area contributed by atoms with Crippen LogP contribution in [0.15, 0.2) is 47.5 Å². The molecule has 0 spiro atoms. The fourth-order valence-corrected chi connectivity index (χ4v) is 2.59. The summed E-state index contributed by atoms with van der Waals surface area (Å²) in [5.41, 5.74) is 5.39. The summed E-state index contributed by atoms with van der Waals surface area (Å²) in [7, 11) is 0. The smallest absolute Gasteiger partial charge is 0.0417 e. The van der Waals surface area contributed by atoms with Crippen molar-refractivity contribution >= 4 is 22.6 Å². The molecule has 2 heteroatoms. The Balaban J connectivity index is 2.26. The van der Waals surface area contributed by atoms with Gasteiger partial charge in [-0.15, -0.1) is 0 Å². The normalized spacial score (nSPS) is 21.5. The van der Waals surface area contributed by atoms with Crippen LogP contribution in [0.2, 0.25) is 0 Å². The van der Waals surface area contributed by atoms with Crippen LogP contribution in [0.3, 0.4) is 0 Å². The van der Waals surface area contributed by atoms with Crippen molar-refractivity contribution < 1.29 is 0 Å².